The van der Waals surface area contributed by atoms with E-state index in [1.54, 1.807) is 63.1 Å². The molecule has 3 N–H and O–H groups in total. The molecule has 1 aromatic heterocycles. The van der Waals surface area contributed by atoms with E-state index < -0.39 is 40.7 Å². The zero-order valence-electron chi connectivity index (χ0n) is 30.6. The molecule has 2 heterocycles. The fourth-order valence-corrected chi connectivity index (χ4v) is 7.48. The van der Waals surface area contributed by atoms with Crippen molar-refractivity contribution in [2.24, 2.45) is 13.0 Å². The van der Waals surface area contributed by atoms with Crippen LogP contribution >= 0.6 is 11.9 Å². The van der Waals surface area contributed by atoms with Crippen molar-refractivity contribution in [3.63, 3.8) is 0 Å². The fraction of sp³-hybridized carbons (Fsp3) is 0.500. The number of benzene rings is 2. The number of piperazine rings is 1. The first kappa shape index (κ1) is 39.7. The Kier molecular flexibility index (Phi) is 13.1. The molecule has 2 aliphatic rings. The normalized spacial score (nSPS) is 17.7. The molecule has 0 radical (unpaired) electrons. The van der Waals surface area contributed by atoms with E-state index in [0.29, 0.717) is 37.6 Å². The Hall–Kier alpha value is -4.50. The van der Waals surface area contributed by atoms with Gasteiger partial charge in [-0.1, -0.05) is 42.5 Å². The summed E-state index contributed by atoms with van der Waals surface area (Å²) >= 11 is 0.914. The second-order valence-electron chi connectivity index (χ2n) is 14.7. The standard InChI is InChI=1S/C38H49F2N7O5S/c1-37(2,3)52-36(51)43-30(35(50)47-22-20-46(21-23-47)25-27-8-6-5-7-9-27)24-26-10-12-29(13-11-26)42-34(49)32(28-14-17-38(39,40)18-15-28)53-44-33(48)31-16-19-41-45(31)4/h5-13,16,19,28,30,32H,14-15,17-18,20-25H2,1-4H3,(H,42,49)(H,43,51)(H,44,48)/t30-,32+/m1/s1. The Morgan fingerprint density at radius 1 is 0.943 bits per heavy atom. The van der Waals surface area contributed by atoms with Gasteiger partial charge in [0, 0.05) is 70.9 Å². The zero-order valence-corrected chi connectivity index (χ0v) is 31.5. The lowest BCUT2D eigenvalue weighted by Gasteiger charge is -2.36. The minimum absolute atomic E-state index is 0.140. The molecule has 1 aliphatic heterocycles. The quantitative estimate of drug-likeness (QED) is 0.209. The van der Waals surface area contributed by atoms with Gasteiger partial charge in [0.25, 0.3) is 5.91 Å². The summed E-state index contributed by atoms with van der Waals surface area (Å²) in [7, 11) is 1.62. The van der Waals surface area contributed by atoms with Crippen molar-refractivity contribution in [3.8, 4) is 0 Å². The molecular weight excluding hydrogens is 705 g/mol. The van der Waals surface area contributed by atoms with Crippen molar-refractivity contribution in [2.45, 2.75) is 82.2 Å². The van der Waals surface area contributed by atoms with E-state index >= 15 is 0 Å². The number of alkyl carbamates (subject to hydrolysis) is 1. The molecule has 286 valence electrons. The van der Waals surface area contributed by atoms with Crippen LogP contribution in [-0.4, -0.2) is 92.4 Å². The molecule has 2 atom stereocenters. The first-order chi connectivity index (χ1) is 25.2. The minimum Gasteiger partial charge on any atom is -0.444 e. The number of hydrogen-bond donors (Lipinski definition) is 3. The Morgan fingerprint density at radius 3 is 2.21 bits per heavy atom. The van der Waals surface area contributed by atoms with Crippen molar-refractivity contribution in [2.75, 3.05) is 31.5 Å². The summed E-state index contributed by atoms with van der Waals surface area (Å²) in [6, 6.07) is 17.7. The van der Waals surface area contributed by atoms with Crippen LogP contribution in [0.25, 0.3) is 0 Å². The van der Waals surface area contributed by atoms with Gasteiger partial charge < -0.3 is 20.3 Å². The third-order valence-electron chi connectivity index (χ3n) is 9.36. The van der Waals surface area contributed by atoms with Crippen LogP contribution in [-0.2, 0) is 34.3 Å². The number of hydrogen-bond acceptors (Lipinski definition) is 8. The molecule has 12 nitrogen and oxygen atoms in total. The summed E-state index contributed by atoms with van der Waals surface area (Å²) in [6.07, 6.45) is 0.602. The van der Waals surface area contributed by atoms with Gasteiger partial charge in [-0.25, -0.2) is 13.6 Å². The Bertz CT molecular complexity index is 1700. The van der Waals surface area contributed by atoms with Crippen LogP contribution in [0.1, 0.15) is 68.1 Å². The average Bonchev–Trinajstić information content (AvgIpc) is 3.55. The Labute approximate surface area is 313 Å². The van der Waals surface area contributed by atoms with Gasteiger partial charge in [-0.3, -0.25) is 28.7 Å². The molecule has 1 saturated carbocycles. The van der Waals surface area contributed by atoms with Crippen LogP contribution in [0.5, 0.6) is 0 Å². The van der Waals surface area contributed by atoms with Gasteiger partial charge >= 0.3 is 6.09 Å². The lowest BCUT2D eigenvalue weighted by molar-refractivity contribution is -0.135. The van der Waals surface area contributed by atoms with Gasteiger partial charge in [0.05, 0.1) is 0 Å². The van der Waals surface area contributed by atoms with Gasteiger partial charge in [0.2, 0.25) is 17.7 Å². The fourth-order valence-electron chi connectivity index (χ4n) is 6.51. The van der Waals surface area contributed by atoms with Crippen LogP contribution < -0.4 is 15.4 Å². The van der Waals surface area contributed by atoms with E-state index in [2.05, 4.69) is 37.5 Å². The average molecular weight is 754 g/mol. The van der Waals surface area contributed by atoms with Gasteiger partial charge in [-0.2, -0.15) is 5.10 Å². The smallest absolute Gasteiger partial charge is 0.408 e. The molecule has 15 heteroatoms. The van der Waals surface area contributed by atoms with E-state index in [4.69, 9.17) is 4.74 Å². The summed E-state index contributed by atoms with van der Waals surface area (Å²) in [4.78, 5) is 57.2. The highest BCUT2D eigenvalue weighted by molar-refractivity contribution is 7.99. The second-order valence-corrected chi connectivity index (χ2v) is 15.6. The summed E-state index contributed by atoms with van der Waals surface area (Å²) in [5.74, 6) is -4.23. The second kappa shape index (κ2) is 17.5. The van der Waals surface area contributed by atoms with Crippen molar-refractivity contribution in [3.05, 3.63) is 83.7 Å². The maximum Gasteiger partial charge on any atom is 0.408 e. The van der Waals surface area contributed by atoms with Crippen molar-refractivity contribution in [1.29, 1.82) is 0 Å². The van der Waals surface area contributed by atoms with Gasteiger partial charge in [0.1, 0.15) is 22.6 Å². The van der Waals surface area contributed by atoms with Crippen LogP contribution in [0.4, 0.5) is 19.3 Å². The summed E-state index contributed by atoms with van der Waals surface area (Å²) in [5.41, 5.74) is 1.95. The number of ether oxygens (including phenoxy) is 1. The number of halogens is 2. The van der Waals surface area contributed by atoms with Gasteiger partial charge in [0.15, 0.2) is 0 Å². The summed E-state index contributed by atoms with van der Waals surface area (Å²) < 4.78 is 37.6. The maximum absolute atomic E-state index is 14.0. The van der Waals surface area contributed by atoms with Gasteiger partial charge in [-0.15, -0.1) is 0 Å². The third-order valence-corrected chi connectivity index (χ3v) is 10.5. The van der Waals surface area contributed by atoms with Gasteiger partial charge in [-0.05, 0) is 80.8 Å². The molecule has 5 rings (SSSR count). The molecular formula is C38H49F2N7O5S. The molecule has 53 heavy (non-hydrogen) atoms. The zero-order chi connectivity index (χ0) is 38.2. The van der Waals surface area contributed by atoms with E-state index in [-0.39, 0.29) is 43.9 Å². The number of carbonyl (C=O) groups is 4. The predicted octanol–water partition coefficient (Wildman–Crippen LogP) is 5.41. The number of rotatable bonds is 12. The van der Waals surface area contributed by atoms with Crippen LogP contribution in [0.2, 0.25) is 0 Å². The monoisotopic (exact) mass is 753 g/mol. The Morgan fingerprint density at radius 2 is 1.60 bits per heavy atom. The first-order valence-electron chi connectivity index (χ1n) is 17.9. The minimum atomic E-state index is -2.77. The molecule has 0 bridgehead atoms. The maximum atomic E-state index is 14.0. The highest BCUT2D eigenvalue weighted by Crippen LogP contribution is 2.40. The molecule has 0 unspecified atom stereocenters. The number of carbonyl (C=O) groups excluding carboxylic acids is 4. The third kappa shape index (κ3) is 11.7. The van der Waals surface area contributed by atoms with E-state index in [9.17, 15) is 28.0 Å². The predicted molar refractivity (Wildman–Crippen MR) is 199 cm³/mol. The topological polar surface area (TPSA) is 138 Å². The van der Waals surface area contributed by atoms with E-state index in [1.165, 1.54) is 16.4 Å². The largest absolute Gasteiger partial charge is 0.444 e. The lowest BCUT2D eigenvalue weighted by atomic mass is 9.84. The highest BCUT2D eigenvalue weighted by Gasteiger charge is 2.40. The van der Waals surface area contributed by atoms with E-state index in [0.717, 1.165) is 24.1 Å². The van der Waals surface area contributed by atoms with Crippen molar-refractivity contribution < 1.29 is 32.7 Å². The number of amides is 4. The number of nitrogens with one attached hydrogen (secondary N) is 3. The summed E-state index contributed by atoms with van der Waals surface area (Å²) in [5, 5.41) is 8.83. The van der Waals surface area contributed by atoms with Crippen LogP contribution in [0, 0.1) is 5.92 Å². The number of anilines is 1. The molecule has 0 spiro atoms. The highest BCUT2D eigenvalue weighted by atomic mass is 32.2. The first-order valence-corrected chi connectivity index (χ1v) is 18.8. The molecule has 2 fully saturated rings. The van der Waals surface area contributed by atoms with Crippen LogP contribution in [0.15, 0.2) is 66.9 Å². The number of aromatic nitrogens is 2. The molecule has 4 amide bonds. The molecule has 1 saturated heterocycles. The van der Waals surface area contributed by atoms with Crippen LogP contribution in [0.3, 0.4) is 0 Å². The number of aryl methyl sites for hydroxylation is 1. The summed E-state index contributed by atoms with van der Waals surface area (Å²) in [6.45, 7) is 8.48. The van der Waals surface area contributed by atoms with Crippen molar-refractivity contribution >= 4 is 41.5 Å². The molecule has 3 aromatic rings. The number of alkyl halides is 2. The van der Waals surface area contributed by atoms with E-state index in [1.807, 2.05) is 18.2 Å². The van der Waals surface area contributed by atoms with Crippen molar-refractivity contribution in [1.82, 2.24) is 29.6 Å². The SMILES string of the molecule is Cn1nccc1C(=O)NS[C@H](C(=O)Nc1ccc(C[C@@H](NC(=O)OC(C)(C)C)C(=O)N2CCN(Cc3ccccc3)CC2)cc1)C1CCC(F)(F)CC1. The molecule has 2 aromatic carbocycles. The number of nitrogens with zero attached hydrogens (tertiary/aromatic N) is 4. The Balaban J connectivity index is 1.23. The molecule has 1 aliphatic carbocycles. The lowest BCUT2D eigenvalue weighted by Crippen LogP contribution is -2.55.